The summed E-state index contributed by atoms with van der Waals surface area (Å²) in [4.78, 5) is 27.7. The predicted octanol–water partition coefficient (Wildman–Crippen LogP) is 2.70. The first-order chi connectivity index (χ1) is 7.87. The number of hydrogen-bond acceptors (Lipinski definition) is 3. The van der Waals surface area contributed by atoms with Gasteiger partial charge in [-0.2, -0.15) is 0 Å². The topological polar surface area (TPSA) is 83.8 Å². The van der Waals surface area contributed by atoms with Crippen molar-refractivity contribution in [3.63, 3.8) is 0 Å². The number of rotatable bonds is 7. The maximum Gasteiger partial charge on any atom is 0.326 e. The molecule has 0 bridgehead atoms. The first-order valence-corrected chi connectivity index (χ1v) is 7.87. The van der Waals surface area contributed by atoms with Crippen molar-refractivity contribution in [2.24, 2.45) is 0 Å². The third-order valence-electron chi connectivity index (χ3n) is 1.87. The van der Waals surface area contributed by atoms with Crippen LogP contribution < -0.4 is 0 Å². The lowest BCUT2D eigenvalue weighted by atomic mass is 10.4. The van der Waals surface area contributed by atoms with Gasteiger partial charge in [0, 0.05) is 0 Å². The smallest absolute Gasteiger partial charge is 0.326 e. The van der Waals surface area contributed by atoms with Crippen molar-refractivity contribution in [3.05, 3.63) is 0 Å². The molecule has 0 radical (unpaired) electrons. The predicted molar refractivity (Wildman–Crippen MR) is 68.0 cm³/mol. The second-order valence-corrected chi connectivity index (χ2v) is 5.49. The Bertz CT molecular complexity index is 222. The molecule has 0 heterocycles. The molecule has 0 aromatic rings. The van der Waals surface area contributed by atoms with Crippen LogP contribution in [-0.2, 0) is 14.1 Å². The monoisotopic (exact) mass is 268 g/mol. The van der Waals surface area contributed by atoms with E-state index in [9.17, 15) is 9.36 Å². The Morgan fingerprint density at radius 1 is 1.12 bits per heavy atom. The van der Waals surface area contributed by atoms with Crippen molar-refractivity contribution in [1.82, 2.24) is 0 Å². The number of esters is 1. The molecular weight excluding hydrogens is 243 g/mol. The molecule has 0 aromatic carbocycles. The molecule has 2 N–H and O–H groups in total. The molecule has 17 heavy (non-hydrogen) atoms. The summed E-state index contributed by atoms with van der Waals surface area (Å²) < 4.78 is 15.0. The van der Waals surface area contributed by atoms with Crippen LogP contribution in [0, 0.1) is 0 Å². The quantitative estimate of drug-likeness (QED) is 0.421. The summed E-state index contributed by atoms with van der Waals surface area (Å²) in [7, 11) is -4.06. The van der Waals surface area contributed by atoms with E-state index in [4.69, 9.17) is 14.5 Å². The molecule has 0 saturated heterocycles. The Balaban J connectivity index is 0. The van der Waals surface area contributed by atoms with Crippen molar-refractivity contribution in [1.29, 1.82) is 0 Å². The van der Waals surface area contributed by atoms with Gasteiger partial charge in [0.1, 0.15) is 0 Å². The highest BCUT2D eigenvalue weighted by atomic mass is 31.2. The second-order valence-electron chi connectivity index (χ2n) is 3.71. The minimum absolute atomic E-state index is 0.214. The van der Waals surface area contributed by atoms with E-state index in [1.165, 1.54) is 12.8 Å². The van der Waals surface area contributed by atoms with E-state index in [1.807, 2.05) is 6.92 Å². The van der Waals surface area contributed by atoms with E-state index in [1.54, 1.807) is 0 Å². The highest BCUT2D eigenvalue weighted by molar-refractivity contribution is 7.51. The number of carbonyl (C=O) groups excluding carboxylic acids is 1. The van der Waals surface area contributed by atoms with Gasteiger partial charge < -0.3 is 14.5 Å². The molecule has 0 atom stereocenters. The van der Waals surface area contributed by atoms with Crippen molar-refractivity contribution in [2.45, 2.75) is 52.9 Å². The fourth-order valence-electron chi connectivity index (χ4n) is 0.639. The largest absolute Gasteiger partial charge is 0.466 e. The van der Waals surface area contributed by atoms with Crippen LogP contribution in [0.15, 0.2) is 0 Å². The maximum atomic E-state index is 10.8. The average molecular weight is 268 g/mol. The van der Waals surface area contributed by atoms with E-state index in [2.05, 4.69) is 13.8 Å². The van der Waals surface area contributed by atoms with Crippen LogP contribution in [0.4, 0.5) is 0 Å². The Morgan fingerprint density at radius 3 is 2.00 bits per heavy atom. The summed E-state index contributed by atoms with van der Waals surface area (Å²) in [6, 6.07) is 0. The molecule has 0 aromatic heterocycles. The van der Waals surface area contributed by atoms with E-state index < -0.39 is 19.7 Å². The van der Waals surface area contributed by atoms with E-state index in [-0.39, 0.29) is 6.42 Å². The van der Waals surface area contributed by atoms with Gasteiger partial charge in [0.25, 0.3) is 0 Å². The van der Waals surface area contributed by atoms with Crippen LogP contribution in [0.2, 0.25) is 0 Å². The SMILES string of the molecule is CCCC.CCCCOC(=O)CCP(=O)(O)O. The molecule has 0 fully saturated rings. The second kappa shape index (κ2) is 12.1. The Morgan fingerprint density at radius 2 is 1.65 bits per heavy atom. The zero-order chi connectivity index (χ0) is 13.7. The van der Waals surface area contributed by atoms with Crippen molar-refractivity contribution in [3.8, 4) is 0 Å². The van der Waals surface area contributed by atoms with Gasteiger partial charge in [0.15, 0.2) is 0 Å². The van der Waals surface area contributed by atoms with Crippen molar-refractivity contribution < 1.29 is 23.9 Å². The number of carbonyl (C=O) groups is 1. The zero-order valence-corrected chi connectivity index (χ0v) is 11.9. The number of ether oxygens (including phenoxy) is 1. The molecule has 6 heteroatoms. The molecule has 0 saturated carbocycles. The summed E-state index contributed by atoms with van der Waals surface area (Å²) in [5, 5.41) is 0. The minimum Gasteiger partial charge on any atom is -0.466 e. The zero-order valence-electron chi connectivity index (χ0n) is 11.0. The van der Waals surface area contributed by atoms with E-state index >= 15 is 0 Å². The molecule has 0 rings (SSSR count). The van der Waals surface area contributed by atoms with Gasteiger partial charge in [0.05, 0.1) is 19.2 Å². The normalized spacial score (nSPS) is 10.4. The van der Waals surface area contributed by atoms with Crippen LogP contribution in [0.1, 0.15) is 52.9 Å². The lowest BCUT2D eigenvalue weighted by Crippen LogP contribution is -2.07. The molecule has 0 spiro atoms. The van der Waals surface area contributed by atoms with Gasteiger partial charge >= 0.3 is 13.6 Å². The fraction of sp³-hybridized carbons (Fsp3) is 0.909. The molecule has 0 aliphatic heterocycles. The van der Waals surface area contributed by atoms with Crippen LogP contribution in [0.3, 0.4) is 0 Å². The lowest BCUT2D eigenvalue weighted by Gasteiger charge is -2.04. The summed E-state index contributed by atoms with van der Waals surface area (Å²) in [5.74, 6) is -0.545. The van der Waals surface area contributed by atoms with Gasteiger partial charge in [-0.3, -0.25) is 9.36 Å². The first kappa shape index (κ1) is 19.0. The average Bonchev–Trinajstić information content (AvgIpc) is 2.26. The van der Waals surface area contributed by atoms with Gasteiger partial charge in [0.2, 0.25) is 0 Å². The highest BCUT2D eigenvalue weighted by Gasteiger charge is 2.15. The third-order valence-corrected chi connectivity index (χ3v) is 2.67. The molecule has 0 unspecified atom stereocenters. The minimum atomic E-state index is -4.06. The summed E-state index contributed by atoms with van der Waals surface area (Å²) >= 11 is 0. The maximum absolute atomic E-state index is 10.8. The standard InChI is InChI=1S/C7H15O5P.C4H10/c1-2-3-5-12-7(8)4-6-13(9,10)11;1-3-4-2/h2-6H2,1H3,(H2,9,10,11);3-4H2,1-2H3. The third kappa shape index (κ3) is 21.5. The molecule has 0 amide bonds. The van der Waals surface area contributed by atoms with Crippen LogP contribution >= 0.6 is 7.60 Å². The van der Waals surface area contributed by atoms with Crippen LogP contribution in [0.25, 0.3) is 0 Å². The number of hydrogen-bond donors (Lipinski definition) is 2. The summed E-state index contributed by atoms with van der Waals surface area (Å²) in [6.45, 7) is 6.65. The summed E-state index contributed by atoms with van der Waals surface area (Å²) in [6.07, 6.45) is 3.69. The molecule has 0 aliphatic carbocycles. The van der Waals surface area contributed by atoms with E-state index in [0.29, 0.717) is 6.61 Å². The van der Waals surface area contributed by atoms with E-state index in [0.717, 1.165) is 12.8 Å². The Labute approximate surface area is 104 Å². The van der Waals surface area contributed by atoms with Crippen LogP contribution in [0.5, 0.6) is 0 Å². The van der Waals surface area contributed by atoms with Gasteiger partial charge in [-0.05, 0) is 6.42 Å². The van der Waals surface area contributed by atoms with Gasteiger partial charge in [-0.25, -0.2) is 0 Å². The number of unbranched alkanes of at least 4 members (excludes halogenated alkanes) is 2. The van der Waals surface area contributed by atoms with Gasteiger partial charge in [-0.15, -0.1) is 0 Å². The first-order valence-electron chi connectivity index (χ1n) is 6.07. The highest BCUT2D eigenvalue weighted by Crippen LogP contribution is 2.34. The lowest BCUT2D eigenvalue weighted by molar-refractivity contribution is -0.143. The van der Waals surface area contributed by atoms with Gasteiger partial charge in [-0.1, -0.05) is 40.0 Å². The fourth-order valence-corrected chi connectivity index (χ4v) is 1.11. The molecular formula is C11H25O5P. The van der Waals surface area contributed by atoms with Crippen molar-refractivity contribution >= 4 is 13.6 Å². The summed E-state index contributed by atoms with van der Waals surface area (Å²) in [5.41, 5.74) is 0. The molecule has 104 valence electrons. The van der Waals surface area contributed by atoms with Crippen molar-refractivity contribution in [2.75, 3.05) is 12.8 Å². The Kier molecular flexibility index (Phi) is 13.5. The molecule has 0 aliphatic rings. The molecule has 5 nitrogen and oxygen atoms in total. The Hall–Kier alpha value is -0.380. The van der Waals surface area contributed by atoms with Crippen LogP contribution in [-0.4, -0.2) is 28.5 Å².